The van der Waals surface area contributed by atoms with Gasteiger partial charge in [0.2, 0.25) is 4.77 Å². The normalized spacial score (nSPS) is 14.9. The van der Waals surface area contributed by atoms with Crippen LogP contribution in [0.3, 0.4) is 0 Å². The van der Waals surface area contributed by atoms with Gasteiger partial charge in [-0.2, -0.15) is 4.68 Å². The molecule has 8 heteroatoms. The number of hydrogen-bond acceptors (Lipinski definition) is 6. The molecule has 0 spiro atoms. The third-order valence-electron chi connectivity index (χ3n) is 5.13. The van der Waals surface area contributed by atoms with E-state index in [1.54, 1.807) is 9.36 Å². The predicted molar refractivity (Wildman–Crippen MR) is 116 cm³/mol. The molecule has 0 N–H and O–H groups in total. The highest BCUT2D eigenvalue weighted by Crippen LogP contribution is 2.28. The average molecular weight is 411 g/mol. The van der Waals surface area contributed by atoms with E-state index in [0.29, 0.717) is 18.0 Å². The summed E-state index contributed by atoms with van der Waals surface area (Å²) in [6.45, 7) is 9.12. The quantitative estimate of drug-likeness (QED) is 0.582. The zero-order valence-electron chi connectivity index (χ0n) is 16.9. The van der Waals surface area contributed by atoms with Crippen LogP contribution in [-0.4, -0.2) is 57.5 Å². The number of benzene rings is 2. The second-order valence-corrected chi connectivity index (χ2v) is 7.52. The Morgan fingerprint density at radius 1 is 0.966 bits per heavy atom. The fourth-order valence-corrected chi connectivity index (χ4v) is 3.76. The van der Waals surface area contributed by atoms with Gasteiger partial charge >= 0.3 is 0 Å². The number of piperazine rings is 1. The smallest absolute Gasteiger partial charge is 0.221 e. The Balaban J connectivity index is 1.41. The van der Waals surface area contributed by atoms with Crippen LogP contribution in [0, 0.1) is 11.7 Å². The lowest BCUT2D eigenvalue weighted by Crippen LogP contribution is -2.47. The molecule has 4 rings (SSSR count). The van der Waals surface area contributed by atoms with Crippen LogP contribution < -0.4 is 9.64 Å². The molecule has 1 fully saturated rings. The SMILES string of the molecule is CCOc1ccccc1N1CCN(Cn2nnn(-c3ccc(C)cc3)c2=S)CC1. The summed E-state index contributed by atoms with van der Waals surface area (Å²) in [5, 5.41) is 8.52. The highest BCUT2D eigenvalue weighted by molar-refractivity contribution is 7.71. The van der Waals surface area contributed by atoms with Gasteiger partial charge in [0.1, 0.15) is 5.75 Å². The molecule has 0 atom stereocenters. The molecule has 0 amide bonds. The molecule has 1 aromatic heterocycles. The maximum Gasteiger partial charge on any atom is 0.221 e. The third-order valence-corrected chi connectivity index (χ3v) is 5.51. The van der Waals surface area contributed by atoms with Crippen molar-refractivity contribution in [2.24, 2.45) is 0 Å². The molecule has 0 unspecified atom stereocenters. The van der Waals surface area contributed by atoms with Crippen LogP contribution >= 0.6 is 12.2 Å². The molecule has 29 heavy (non-hydrogen) atoms. The van der Waals surface area contributed by atoms with Crippen LogP contribution in [-0.2, 0) is 6.67 Å². The summed E-state index contributed by atoms with van der Waals surface area (Å²) in [7, 11) is 0. The fourth-order valence-electron chi connectivity index (χ4n) is 3.53. The molecule has 0 bridgehead atoms. The summed E-state index contributed by atoms with van der Waals surface area (Å²) in [5.74, 6) is 0.951. The first-order chi connectivity index (χ1) is 14.2. The van der Waals surface area contributed by atoms with Crippen molar-refractivity contribution < 1.29 is 4.74 Å². The van der Waals surface area contributed by atoms with Gasteiger partial charge in [0.15, 0.2) is 0 Å². The molecule has 2 aromatic carbocycles. The first-order valence-corrected chi connectivity index (χ1v) is 10.4. The molecule has 0 radical (unpaired) electrons. The molecule has 0 aliphatic carbocycles. The lowest BCUT2D eigenvalue weighted by Gasteiger charge is -2.36. The summed E-state index contributed by atoms with van der Waals surface area (Å²) >= 11 is 5.60. The highest BCUT2D eigenvalue weighted by atomic mass is 32.1. The first-order valence-electron chi connectivity index (χ1n) is 9.94. The van der Waals surface area contributed by atoms with Crippen LogP contribution in [0.25, 0.3) is 5.69 Å². The molecule has 1 aliphatic rings. The van der Waals surface area contributed by atoms with E-state index in [1.807, 2.05) is 31.2 Å². The zero-order valence-corrected chi connectivity index (χ0v) is 17.7. The Bertz CT molecular complexity index is 1000. The zero-order chi connectivity index (χ0) is 20.2. The number of para-hydroxylation sites is 2. The van der Waals surface area contributed by atoms with Gasteiger partial charge in [0.25, 0.3) is 0 Å². The number of aryl methyl sites for hydroxylation is 1. The van der Waals surface area contributed by atoms with Gasteiger partial charge in [0, 0.05) is 26.2 Å². The number of anilines is 1. The standard InChI is InChI=1S/C21H26N6OS/c1-3-28-20-7-5-4-6-19(20)25-14-12-24(13-15-25)16-26-21(29)27(23-22-26)18-10-8-17(2)9-11-18/h4-11H,3,12-16H2,1-2H3. The van der Waals surface area contributed by atoms with E-state index in [2.05, 4.69) is 51.4 Å². The van der Waals surface area contributed by atoms with E-state index in [4.69, 9.17) is 17.0 Å². The van der Waals surface area contributed by atoms with Crippen LogP contribution in [0.2, 0.25) is 0 Å². The van der Waals surface area contributed by atoms with Gasteiger partial charge in [-0.25, -0.2) is 4.68 Å². The van der Waals surface area contributed by atoms with E-state index in [0.717, 1.165) is 43.3 Å². The van der Waals surface area contributed by atoms with Crippen LogP contribution in [0.5, 0.6) is 5.75 Å². The summed E-state index contributed by atoms with van der Waals surface area (Å²) in [4.78, 5) is 4.73. The van der Waals surface area contributed by atoms with Crippen molar-refractivity contribution in [2.45, 2.75) is 20.5 Å². The predicted octanol–water partition coefficient (Wildman–Crippen LogP) is 3.29. The fraction of sp³-hybridized carbons (Fsp3) is 0.381. The van der Waals surface area contributed by atoms with Gasteiger partial charge < -0.3 is 9.64 Å². The second kappa shape index (κ2) is 8.75. The molecule has 0 saturated carbocycles. The minimum Gasteiger partial charge on any atom is -0.492 e. The van der Waals surface area contributed by atoms with Gasteiger partial charge in [0.05, 0.1) is 24.7 Å². The summed E-state index contributed by atoms with van der Waals surface area (Å²) in [5.41, 5.74) is 3.30. The van der Waals surface area contributed by atoms with Crippen molar-refractivity contribution in [3.05, 3.63) is 58.9 Å². The van der Waals surface area contributed by atoms with E-state index in [1.165, 1.54) is 5.56 Å². The van der Waals surface area contributed by atoms with Crippen molar-refractivity contribution in [2.75, 3.05) is 37.7 Å². The topological polar surface area (TPSA) is 51.4 Å². The van der Waals surface area contributed by atoms with Crippen molar-refractivity contribution in [1.29, 1.82) is 0 Å². The average Bonchev–Trinajstić information content (AvgIpc) is 3.10. The van der Waals surface area contributed by atoms with Gasteiger partial charge in [-0.3, -0.25) is 4.90 Å². The summed E-state index contributed by atoms with van der Waals surface area (Å²) in [6, 6.07) is 16.4. The number of nitrogens with zero attached hydrogens (tertiary/aromatic N) is 6. The molecule has 1 saturated heterocycles. The maximum atomic E-state index is 5.79. The Morgan fingerprint density at radius 3 is 2.41 bits per heavy atom. The van der Waals surface area contributed by atoms with Crippen molar-refractivity contribution in [3.63, 3.8) is 0 Å². The molecular formula is C21H26N6OS. The molecular weight excluding hydrogens is 384 g/mol. The third kappa shape index (κ3) is 4.33. The second-order valence-electron chi connectivity index (χ2n) is 7.16. The number of ether oxygens (including phenoxy) is 1. The Morgan fingerprint density at radius 2 is 1.69 bits per heavy atom. The number of rotatable bonds is 6. The van der Waals surface area contributed by atoms with Gasteiger partial charge in [-0.1, -0.05) is 29.8 Å². The van der Waals surface area contributed by atoms with Crippen molar-refractivity contribution in [3.8, 4) is 11.4 Å². The van der Waals surface area contributed by atoms with E-state index >= 15 is 0 Å². The largest absolute Gasteiger partial charge is 0.492 e. The number of aromatic nitrogens is 4. The van der Waals surface area contributed by atoms with Crippen LogP contribution in [0.15, 0.2) is 48.5 Å². The van der Waals surface area contributed by atoms with Crippen LogP contribution in [0.4, 0.5) is 5.69 Å². The monoisotopic (exact) mass is 410 g/mol. The van der Waals surface area contributed by atoms with Gasteiger partial charge in [-0.15, -0.1) is 0 Å². The van der Waals surface area contributed by atoms with Crippen molar-refractivity contribution >= 4 is 17.9 Å². The molecule has 152 valence electrons. The summed E-state index contributed by atoms with van der Waals surface area (Å²) in [6.07, 6.45) is 0. The van der Waals surface area contributed by atoms with Crippen molar-refractivity contribution in [1.82, 2.24) is 24.7 Å². The Hall–Kier alpha value is -2.71. The minimum atomic E-state index is 0.609. The Kier molecular flexibility index (Phi) is 5.92. The first kappa shape index (κ1) is 19.6. The van der Waals surface area contributed by atoms with E-state index < -0.39 is 0 Å². The van der Waals surface area contributed by atoms with E-state index in [-0.39, 0.29) is 0 Å². The van der Waals surface area contributed by atoms with E-state index in [9.17, 15) is 0 Å². The summed E-state index contributed by atoms with van der Waals surface area (Å²) < 4.78 is 9.90. The molecule has 2 heterocycles. The highest BCUT2D eigenvalue weighted by Gasteiger charge is 2.20. The lowest BCUT2D eigenvalue weighted by atomic mass is 10.2. The molecule has 3 aromatic rings. The van der Waals surface area contributed by atoms with Gasteiger partial charge in [-0.05, 0) is 60.8 Å². The molecule has 7 nitrogen and oxygen atoms in total. The lowest BCUT2D eigenvalue weighted by molar-refractivity contribution is 0.192. The molecule has 1 aliphatic heterocycles. The number of hydrogen-bond donors (Lipinski definition) is 0. The maximum absolute atomic E-state index is 5.79. The Labute approximate surface area is 176 Å². The minimum absolute atomic E-state index is 0.609. The van der Waals surface area contributed by atoms with Crippen LogP contribution in [0.1, 0.15) is 12.5 Å². The number of tetrazole rings is 1.